The van der Waals surface area contributed by atoms with Crippen LogP contribution in [0.5, 0.6) is 0 Å². The van der Waals surface area contributed by atoms with Crippen LogP contribution in [0.2, 0.25) is 0 Å². The molecule has 0 aromatic heterocycles. The van der Waals surface area contributed by atoms with E-state index in [4.69, 9.17) is 17.0 Å². The molecule has 0 rings (SSSR count). The van der Waals surface area contributed by atoms with Gasteiger partial charge in [-0.3, -0.25) is 0 Å². The molecule has 0 aromatic carbocycles. The summed E-state index contributed by atoms with van der Waals surface area (Å²) in [6.45, 7) is 11.6. The summed E-state index contributed by atoms with van der Waals surface area (Å²) in [6, 6.07) is 0.366. The van der Waals surface area contributed by atoms with Gasteiger partial charge in [0, 0.05) is 19.2 Å². The zero-order valence-electron chi connectivity index (χ0n) is 9.81. The van der Waals surface area contributed by atoms with Crippen molar-refractivity contribution >= 4 is 17.3 Å². The van der Waals surface area contributed by atoms with Crippen LogP contribution >= 0.6 is 12.2 Å². The minimum absolute atomic E-state index is 0.169. The predicted molar refractivity (Wildman–Crippen MR) is 64.6 cm³/mol. The zero-order valence-corrected chi connectivity index (χ0v) is 10.6. The maximum atomic E-state index is 5.53. The molecule has 0 bridgehead atoms. The Labute approximate surface area is 92.6 Å². The quantitative estimate of drug-likeness (QED) is 0.688. The molecule has 0 spiro atoms. The summed E-state index contributed by atoms with van der Waals surface area (Å²) in [5, 5.41) is 6.94. The Kier molecular flexibility index (Phi) is 6.04. The van der Waals surface area contributed by atoms with Crippen molar-refractivity contribution < 1.29 is 4.74 Å². The molecule has 0 saturated heterocycles. The standard InChI is InChI=1S/C10H22N2OS/c1-6-13-10(4,5)7-11-9(14)12-8(2)3/h8H,6-7H2,1-5H3,(H2,11,12,14). The Bertz CT molecular complexity index is 181. The first kappa shape index (κ1) is 13.7. The predicted octanol–water partition coefficient (Wildman–Crippen LogP) is 1.67. The second-order valence-corrected chi connectivity index (χ2v) is 4.58. The first-order valence-electron chi connectivity index (χ1n) is 5.05. The molecule has 0 aromatic rings. The molecular formula is C10H22N2OS. The fourth-order valence-corrected chi connectivity index (χ4v) is 1.36. The summed E-state index contributed by atoms with van der Waals surface area (Å²) >= 11 is 5.10. The van der Waals surface area contributed by atoms with E-state index >= 15 is 0 Å². The smallest absolute Gasteiger partial charge is 0.166 e. The number of nitrogens with one attached hydrogen (secondary N) is 2. The molecule has 0 aliphatic heterocycles. The van der Waals surface area contributed by atoms with Crippen LogP contribution in [0.1, 0.15) is 34.6 Å². The van der Waals surface area contributed by atoms with Crippen molar-refractivity contribution in [3.8, 4) is 0 Å². The van der Waals surface area contributed by atoms with Crippen LogP contribution in [0.3, 0.4) is 0 Å². The van der Waals surface area contributed by atoms with Crippen molar-refractivity contribution in [2.75, 3.05) is 13.2 Å². The highest BCUT2D eigenvalue weighted by molar-refractivity contribution is 7.80. The molecule has 0 aliphatic rings. The fourth-order valence-electron chi connectivity index (χ4n) is 1.05. The van der Waals surface area contributed by atoms with Crippen molar-refractivity contribution in [2.45, 2.75) is 46.3 Å². The lowest BCUT2D eigenvalue weighted by Gasteiger charge is -2.26. The van der Waals surface area contributed by atoms with Gasteiger partial charge in [0.1, 0.15) is 0 Å². The van der Waals surface area contributed by atoms with Gasteiger partial charge >= 0.3 is 0 Å². The number of hydrogen-bond donors (Lipinski definition) is 2. The van der Waals surface area contributed by atoms with Crippen LogP contribution < -0.4 is 10.6 Å². The summed E-state index contributed by atoms with van der Waals surface area (Å²) in [5.74, 6) is 0. The van der Waals surface area contributed by atoms with E-state index in [1.807, 2.05) is 20.8 Å². The second kappa shape index (κ2) is 6.19. The maximum Gasteiger partial charge on any atom is 0.166 e. The molecule has 14 heavy (non-hydrogen) atoms. The number of hydrogen-bond acceptors (Lipinski definition) is 2. The van der Waals surface area contributed by atoms with Crippen molar-refractivity contribution in [3.05, 3.63) is 0 Å². The Morgan fingerprint density at radius 2 is 2.00 bits per heavy atom. The summed E-state index contributed by atoms with van der Waals surface area (Å²) in [6.07, 6.45) is 0. The van der Waals surface area contributed by atoms with Gasteiger partial charge in [0.25, 0.3) is 0 Å². The molecule has 84 valence electrons. The monoisotopic (exact) mass is 218 g/mol. The zero-order chi connectivity index (χ0) is 11.2. The van der Waals surface area contributed by atoms with Gasteiger partial charge < -0.3 is 15.4 Å². The van der Waals surface area contributed by atoms with E-state index in [0.717, 1.165) is 13.2 Å². The van der Waals surface area contributed by atoms with Crippen LogP contribution in [-0.2, 0) is 4.74 Å². The van der Waals surface area contributed by atoms with Gasteiger partial charge in [-0.2, -0.15) is 0 Å². The molecule has 2 N–H and O–H groups in total. The normalized spacial score (nSPS) is 11.6. The minimum atomic E-state index is -0.169. The lowest BCUT2D eigenvalue weighted by Crippen LogP contribution is -2.46. The molecule has 0 saturated carbocycles. The van der Waals surface area contributed by atoms with E-state index in [9.17, 15) is 0 Å². The lowest BCUT2D eigenvalue weighted by atomic mass is 10.1. The largest absolute Gasteiger partial charge is 0.374 e. The highest BCUT2D eigenvalue weighted by atomic mass is 32.1. The summed E-state index contributed by atoms with van der Waals surface area (Å²) in [5.41, 5.74) is -0.169. The summed E-state index contributed by atoms with van der Waals surface area (Å²) in [4.78, 5) is 0. The Balaban J connectivity index is 3.75. The Morgan fingerprint density at radius 1 is 1.43 bits per heavy atom. The topological polar surface area (TPSA) is 33.3 Å². The van der Waals surface area contributed by atoms with Crippen molar-refractivity contribution in [3.63, 3.8) is 0 Å². The minimum Gasteiger partial charge on any atom is -0.374 e. The number of thiocarbonyl (C=S) groups is 1. The number of ether oxygens (including phenoxy) is 1. The highest BCUT2D eigenvalue weighted by Crippen LogP contribution is 2.06. The van der Waals surface area contributed by atoms with Gasteiger partial charge in [0.2, 0.25) is 0 Å². The van der Waals surface area contributed by atoms with Crippen LogP contribution in [0.25, 0.3) is 0 Å². The van der Waals surface area contributed by atoms with E-state index in [-0.39, 0.29) is 5.60 Å². The first-order valence-corrected chi connectivity index (χ1v) is 5.46. The third kappa shape index (κ3) is 7.09. The average molecular weight is 218 g/mol. The van der Waals surface area contributed by atoms with Crippen LogP contribution in [-0.4, -0.2) is 29.9 Å². The van der Waals surface area contributed by atoms with Gasteiger partial charge in [-0.15, -0.1) is 0 Å². The molecule has 0 aliphatic carbocycles. The second-order valence-electron chi connectivity index (χ2n) is 4.17. The van der Waals surface area contributed by atoms with Gasteiger partial charge in [0.05, 0.1) is 5.60 Å². The van der Waals surface area contributed by atoms with Crippen LogP contribution in [0, 0.1) is 0 Å². The molecule has 0 radical (unpaired) electrons. The SMILES string of the molecule is CCOC(C)(C)CNC(=S)NC(C)C. The van der Waals surface area contributed by atoms with Crippen molar-refractivity contribution in [2.24, 2.45) is 0 Å². The number of rotatable bonds is 5. The molecule has 0 fully saturated rings. The van der Waals surface area contributed by atoms with Gasteiger partial charge in [-0.25, -0.2) is 0 Å². The van der Waals surface area contributed by atoms with Gasteiger partial charge in [-0.1, -0.05) is 0 Å². The van der Waals surface area contributed by atoms with E-state index in [2.05, 4.69) is 24.5 Å². The van der Waals surface area contributed by atoms with Crippen molar-refractivity contribution in [1.82, 2.24) is 10.6 Å². The van der Waals surface area contributed by atoms with Crippen LogP contribution in [0.4, 0.5) is 0 Å². The average Bonchev–Trinajstić information content (AvgIpc) is 2.00. The lowest BCUT2D eigenvalue weighted by molar-refractivity contribution is -0.00574. The summed E-state index contributed by atoms with van der Waals surface area (Å²) in [7, 11) is 0. The van der Waals surface area contributed by atoms with Gasteiger partial charge in [-0.05, 0) is 46.8 Å². The highest BCUT2D eigenvalue weighted by Gasteiger charge is 2.17. The molecule has 0 heterocycles. The van der Waals surface area contributed by atoms with E-state index in [1.54, 1.807) is 0 Å². The third-order valence-corrected chi connectivity index (χ3v) is 1.89. The Hall–Kier alpha value is -0.350. The molecular weight excluding hydrogens is 196 g/mol. The molecule has 0 atom stereocenters. The molecule has 0 amide bonds. The van der Waals surface area contributed by atoms with Crippen molar-refractivity contribution in [1.29, 1.82) is 0 Å². The van der Waals surface area contributed by atoms with E-state index in [1.165, 1.54) is 0 Å². The van der Waals surface area contributed by atoms with Gasteiger partial charge in [0.15, 0.2) is 5.11 Å². The Morgan fingerprint density at radius 3 is 2.43 bits per heavy atom. The van der Waals surface area contributed by atoms with E-state index < -0.39 is 0 Å². The molecule has 0 unspecified atom stereocenters. The molecule has 4 heteroatoms. The fraction of sp³-hybridized carbons (Fsp3) is 0.900. The summed E-state index contributed by atoms with van der Waals surface area (Å²) < 4.78 is 5.53. The van der Waals surface area contributed by atoms with Crippen LogP contribution in [0.15, 0.2) is 0 Å². The maximum absolute atomic E-state index is 5.53. The van der Waals surface area contributed by atoms with E-state index in [0.29, 0.717) is 11.2 Å². The molecule has 3 nitrogen and oxygen atoms in total. The third-order valence-electron chi connectivity index (χ3n) is 1.63. The first-order chi connectivity index (χ1) is 6.37.